The molecule has 3 atom stereocenters. The van der Waals surface area contributed by atoms with Crippen LogP contribution in [0.4, 0.5) is 14.5 Å². The van der Waals surface area contributed by atoms with Gasteiger partial charge >= 0.3 is 0 Å². The van der Waals surface area contributed by atoms with Gasteiger partial charge in [0.25, 0.3) is 5.91 Å². The Hall–Kier alpha value is -3.24. The number of anilines is 1. The van der Waals surface area contributed by atoms with E-state index in [-0.39, 0.29) is 41.0 Å². The van der Waals surface area contributed by atoms with Crippen LogP contribution in [-0.2, 0) is 15.4 Å². The molecule has 1 aliphatic carbocycles. The third kappa shape index (κ3) is 3.97. The lowest BCUT2D eigenvalue weighted by atomic mass is 9.86. The highest BCUT2D eigenvalue weighted by molar-refractivity contribution is 8.24. The minimum atomic E-state index is -3.58. The van der Waals surface area contributed by atoms with Gasteiger partial charge in [-0.1, -0.05) is 17.7 Å². The molecule has 9 nitrogen and oxygen atoms in total. The van der Waals surface area contributed by atoms with E-state index in [0.29, 0.717) is 0 Å². The van der Waals surface area contributed by atoms with Crippen molar-refractivity contribution in [2.75, 3.05) is 18.2 Å². The van der Waals surface area contributed by atoms with Crippen molar-refractivity contribution in [2.45, 2.75) is 23.0 Å². The number of nitrogens with two attached hydrogens (primary N) is 1. The molecule has 178 valence electrons. The van der Waals surface area contributed by atoms with Crippen LogP contribution in [0, 0.1) is 29.9 Å². The minimum Gasteiger partial charge on any atom is -0.463 e. The second-order valence-corrected chi connectivity index (χ2v) is 11.9. The summed E-state index contributed by atoms with van der Waals surface area (Å²) in [6, 6.07) is 2.02. The van der Waals surface area contributed by atoms with Gasteiger partial charge < -0.3 is 15.8 Å². The summed E-state index contributed by atoms with van der Waals surface area (Å²) in [7, 11) is -3.58. The highest BCUT2D eigenvalue weighted by Crippen LogP contribution is 2.68. The third-order valence-electron chi connectivity index (χ3n) is 5.78. The number of amides is 1. The number of aromatic nitrogens is 2. The van der Waals surface area contributed by atoms with E-state index in [0.717, 1.165) is 30.3 Å². The highest BCUT2D eigenvalue weighted by atomic mass is 32.3. The van der Waals surface area contributed by atoms with E-state index in [9.17, 15) is 22.0 Å². The van der Waals surface area contributed by atoms with Gasteiger partial charge in [-0.2, -0.15) is 0 Å². The number of sulfone groups is 1. The quantitative estimate of drug-likeness (QED) is 0.567. The number of nitrogens with zero attached hydrogens (tertiary/aromatic N) is 3. The number of fused-ring (bicyclic) bond motifs is 1. The van der Waals surface area contributed by atoms with Gasteiger partial charge in [0.1, 0.15) is 9.77 Å². The highest BCUT2D eigenvalue weighted by Gasteiger charge is 2.72. The molecule has 2 aliphatic rings. The van der Waals surface area contributed by atoms with E-state index in [1.54, 1.807) is 0 Å². The monoisotopic (exact) mass is 507 g/mol. The molecule has 2 aromatic rings. The molecule has 0 unspecified atom stereocenters. The van der Waals surface area contributed by atoms with Crippen molar-refractivity contribution >= 4 is 38.4 Å². The maximum atomic E-state index is 15.0. The summed E-state index contributed by atoms with van der Waals surface area (Å²) in [5.41, 5.74) is 4.04. The van der Waals surface area contributed by atoms with Gasteiger partial charge in [0.05, 0.1) is 17.9 Å². The summed E-state index contributed by atoms with van der Waals surface area (Å²) < 4.78 is 58.2. The van der Waals surface area contributed by atoms with E-state index in [2.05, 4.69) is 26.2 Å². The molecule has 0 bridgehead atoms. The van der Waals surface area contributed by atoms with Crippen molar-refractivity contribution in [3.8, 4) is 18.2 Å². The number of halogens is 2. The molecular formula is C21H19F2N5O4S2. The van der Waals surface area contributed by atoms with Crippen LogP contribution in [0.3, 0.4) is 0 Å². The van der Waals surface area contributed by atoms with Crippen LogP contribution in [0.15, 0.2) is 29.5 Å². The van der Waals surface area contributed by atoms with Gasteiger partial charge in [-0.05, 0) is 19.4 Å². The van der Waals surface area contributed by atoms with Crippen LogP contribution in [-0.4, -0.2) is 46.4 Å². The summed E-state index contributed by atoms with van der Waals surface area (Å²) in [6.07, 6.45) is 8.68. The lowest BCUT2D eigenvalue weighted by molar-refractivity contribution is 0.102. The number of rotatable bonds is 6. The molecule has 1 amide bonds. The Labute approximate surface area is 198 Å². The normalized spacial score (nSPS) is 25.5. The van der Waals surface area contributed by atoms with E-state index in [1.165, 1.54) is 19.2 Å². The fraction of sp³-hybridized carbons (Fsp3) is 0.333. The molecule has 3 N–H and O–H groups in total. The summed E-state index contributed by atoms with van der Waals surface area (Å²) >= 11 is 0.912. The first-order valence-electron chi connectivity index (χ1n) is 9.84. The number of thioether (sulfide) groups is 1. The lowest BCUT2D eigenvalue weighted by Crippen LogP contribution is -2.39. The summed E-state index contributed by atoms with van der Waals surface area (Å²) in [5, 5.41) is 2.40. The number of nitrogens with one attached hydrogen (secondary N) is 1. The Balaban J connectivity index is 1.65. The van der Waals surface area contributed by atoms with Gasteiger partial charge in [0.2, 0.25) is 5.88 Å². The van der Waals surface area contributed by atoms with Gasteiger partial charge in [-0.25, -0.2) is 27.2 Å². The molecule has 4 rings (SSSR count). The van der Waals surface area contributed by atoms with Crippen molar-refractivity contribution in [1.29, 1.82) is 0 Å². The Kier molecular flexibility index (Phi) is 5.77. The van der Waals surface area contributed by atoms with Gasteiger partial charge in [0, 0.05) is 29.5 Å². The van der Waals surface area contributed by atoms with E-state index < -0.39 is 42.9 Å². The van der Waals surface area contributed by atoms with E-state index in [4.69, 9.17) is 16.9 Å². The number of carbonyl (C=O) groups excluding carboxylic acids is 1. The lowest BCUT2D eigenvalue weighted by Gasteiger charge is -2.33. The first-order valence-corrected chi connectivity index (χ1v) is 12.5. The number of terminal acetylenes is 1. The van der Waals surface area contributed by atoms with Crippen molar-refractivity contribution in [3.05, 3.63) is 47.4 Å². The van der Waals surface area contributed by atoms with Gasteiger partial charge in [-0.15, -0.1) is 6.42 Å². The molecule has 1 fully saturated rings. The first kappa shape index (κ1) is 23.9. The maximum absolute atomic E-state index is 15.0. The van der Waals surface area contributed by atoms with Gasteiger partial charge in [-0.3, -0.25) is 9.79 Å². The zero-order valence-electron chi connectivity index (χ0n) is 18.0. The largest absolute Gasteiger partial charge is 0.463 e. The summed E-state index contributed by atoms with van der Waals surface area (Å²) in [6.45, 7) is 1.48. The molecule has 13 heteroatoms. The fourth-order valence-electron chi connectivity index (χ4n) is 4.05. The smallest absolute Gasteiger partial charge is 0.275 e. The number of carbonyl (C=O) groups is 1. The molecule has 1 aliphatic heterocycles. The van der Waals surface area contributed by atoms with Crippen LogP contribution in [0.1, 0.15) is 29.4 Å². The van der Waals surface area contributed by atoms with Crippen LogP contribution >= 0.6 is 11.8 Å². The zero-order valence-corrected chi connectivity index (χ0v) is 19.6. The molecule has 0 radical (unpaired) electrons. The molecule has 1 aromatic carbocycles. The molecule has 0 saturated heterocycles. The predicted molar refractivity (Wildman–Crippen MR) is 123 cm³/mol. The van der Waals surface area contributed by atoms with E-state index in [1.807, 2.05) is 0 Å². The maximum Gasteiger partial charge on any atom is 0.275 e. The predicted octanol–water partition coefficient (Wildman–Crippen LogP) is 2.06. The number of hydrogen-bond donors (Lipinski definition) is 2. The Morgan fingerprint density at radius 3 is 2.74 bits per heavy atom. The Morgan fingerprint density at radius 1 is 1.38 bits per heavy atom. The number of hydrogen-bond acceptors (Lipinski definition) is 9. The molecular weight excluding hydrogens is 488 g/mol. The number of amidine groups is 1. The van der Waals surface area contributed by atoms with Crippen LogP contribution < -0.4 is 15.8 Å². The van der Waals surface area contributed by atoms with Crippen molar-refractivity contribution in [2.24, 2.45) is 16.6 Å². The number of ether oxygens (including phenoxy) is 1. The Bertz CT molecular complexity index is 1360. The average Bonchev–Trinajstić information content (AvgIpc) is 3.52. The summed E-state index contributed by atoms with van der Waals surface area (Å²) in [4.78, 5) is 24.7. The fourth-order valence-corrected chi connectivity index (χ4v) is 7.34. The molecule has 34 heavy (non-hydrogen) atoms. The van der Waals surface area contributed by atoms with Crippen molar-refractivity contribution in [1.82, 2.24) is 9.97 Å². The van der Waals surface area contributed by atoms with E-state index >= 15 is 0 Å². The molecule has 1 aromatic heterocycles. The van der Waals surface area contributed by atoms with Crippen LogP contribution in [0.25, 0.3) is 0 Å². The number of aliphatic imine (C=N–C) groups is 1. The van der Waals surface area contributed by atoms with Crippen LogP contribution in [0.5, 0.6) is 5.88 Å². The average molecular weight is 508 g/mol. The second kappa shape index (κ2) is 8.21. The second-order valence-electron chi connectivity index (χ2n) is 8.05. The SMILES string of the molecule is C#CCOc1cnc(C(=O)Nc2cc(F)c(F)c([C@]3(C)N=C(N)S[C@@]4(S(C)(=O)=O)C[C@@H]34)c2)cn1. The van der Waals surface area contributed by atoms with Gasteiger partial charge in [0.15, 0.2) is 33.2 Å². The summed E-state index contributed by atoms with van der Waals surface area (Å²) in [5.74, 6) is -1.43. The molecule has 0 spiro atoms. The third-order valence-corrected chi connectivity index (χ3v) is 9.74. The Morgan fingerprint density at radius 2 is 2.12 bits per heavy atom. The standard InChI is InChI=1S/C21H19F2N5O4S2/c1-4-5-32-16-10-25-14(9-26-16)18(29)27-11-6-12(17(23)13(22)7-11)20(2)15-8-21(15,34(3,30)31)33-19(24)28-20/h1,6-7,9-10,15H,5,8H2,2-3H3,(H2,24,28)(H,27,29)/t15-,20-,21+/m0/s1. The topological polar surface area (TPSA) is 137 Å². The molecule has 2 heterocycles. The zero-order chi connectivity index (χ0) is 24.9. The number of benzene rings is 1. The van der Waals surface area contributed by atoms with Crippen LogP contribution in [0.2, 0.25) is 0 Å². The minimum absolute atomic E-state index is 0.0241. The van der Waals surface area contributed by atoms with Crippen molar-refractivity contribution < 1.29 is 26.7 Å². The molecule has 1 saturated carbocycles. The van der Waals surface area contributed by atoms with Crippen molar-refractivity contribution in [3.63, 3.8) is 0 Å². The first-order chi connectivity index (χ1) is 15.9.